The van der Waals surface area contributed by atoms with Crippen LogP contribution in [0.15, 0.2) is 0 Å². The van der Waals surface area contributed by atoms with Crippen molar-refractivity contribution in [2.24, 2.45) is 17.3 Å². The van der Waals surface area contributed by atoms with Gasteiger partial charge in [-0.15, -0.1) is 0 Å². The zero-order valence-corrected chi connectivity index (χ0v) is 11.3. The SMILES string of the molecule is CCCC(C)(C=O)CN1CCC(C(C)C)C1. The van der Waals surface area contributed by atoms with Crippen LogP contribution in [0.2, 0.25) is 0 Å². The predicted octanol–water partition coefficient (Wildman–Crippen LogP) is 2.97. The molecule has 2 heteroatoms. The first-order valence-corrected chi connectivity index (χ1v) is 6.69. The van der Waals surface area contributed by atoms with Crippen molar-refractivity contribution in [3.05, 3.63) is 0 Å². The molecule has 0 bridgehead atoms. The molecule has 0 spiro atoms. The molecule has 2 nitrogen and oxygen atoms in total. The molecule has 94 valence electrons. The van der Waals surface area contributed by atoms with E-state index in [-0.39, 0.29) is 5.41 Å². The van der Waals surface area contributed by atoms with Crippen molar-refractivity contribution in [1.82, 2.24) is 4.90 Å². The van der Waals surface area contributed by atoms with Crippen LogP contribution in [0, 0.1) is 17.3 Å². The van der Waals surface area contributed by atoms with Gasteiger partial charge in [-0.3, -0.25) is 0 Å². The van der Waals surface area contributed by atoms with Gasteiger partial charge in [-0.1, -0.05) is 34.1 Å². The number of hydrogen-bond donors (Lipinski definition) is 0. The highest BCUT2D eigenvalue weighted by molar-refractivity contribution is 5.59. The van der Waals surface area contributed by atoms with Crippen molar-refractivity contribution >= 4 is 6.29 Å². The van der Waals surface area contributed by atoms with Gasteiger partial charge in [0.15, 0.2) is 0 Å². The molecule has 0 N–H and O–H groups in total. The molecule has 1 fully saturated rings. The van der Waals surface area contributed by atoms with Crippen LogP contribution in [0.1, 0.15) is 47.0 Å². The molecular formula is C14H27NO. The van der Waals surface area contributed by atoms with Gasteiger partial charge in [-0.2, -0.15) is 0 Å². The number of nitrogens with zero attached hydrogens (tertiary/aromatic N) is 1. The summed E-state index contributed by atoms with van der Waals surface area (Å²) in [6.45, 7) is 12.2. The Morgan fingerprint density at radius 1 is 1.50 bits per heavy atom. The summed E-state index contributed by atoms with van der Waals surface area (Å²) in [4.78, 5) is 13.7. The summed E-state index contributed by atoms with van der Waals surface area (Å²) in [5.74, 6) is 1.61. The second-order valence-corrected chi connectivity index (χ2v) is 6.05. The monoisotopic (exact) mass is 225 g/mol. The van der Waals surface area contributed by atoms with Crippen LogP contribution < -0.4 is 0 Å². The number of aldehydes is 1. The van der Waals surface area contributed by atoms with Crippen LogP contribution in [0.3, 0.4) is 0 Å². The van der Waals surface area contributed by atoms with E-state index in [1.54, 1.807) is 0 Å². The third kappa shape index (κ3) is 3.58. The maximum absolute atomic E-state index is 11.2. The van der Waals surface area contributed by atoms with E-state index in [2.05, 4.69) is 32.6 Å². The Bertz CT molecular complexity index is 227. The summed E-state index contributed by atoms with van der Waals surface area (Å²) in [5.41, 5.74) is -0.124. The molecule has 1 aliphatic rings. The maximum Gasteiger partial charge on any atom is 0.127 e. The summed E-state index contributed by atoms with van der Waals surface area (Å²) >= 11 is 0. The molecule has 2 atom stereocenters. The first-order valence-electron chi connectivity index (χ1n) is 6.69. The van der Waals surface area contributed by atoms with Gasteiger partial charge in [0.05, 0.1) is 0 Å². The molecule has 0 saturated carbocycles. The number of likely N-dealkylation sites (tertiary alicyclic amines) is 1. The zero-order chi connectivity index (χ0) is 12.2. The van der Waals surface area contributed by atoms with Gasteiger partial charge in [0.25, 0.3) is 0 Å². The quantitative estimate of drug-likeness (QED) is 0.648. The number of carbonyl (C=O) groups is 1. The van der Waals surface area contributed by atoms with E-state index in [0.717, 1.165) is 31.2 Å². The van der Waals surface area contributed by atoms with Crippen molar-refractivity contribution in [2.75, 3.05) is 19.6 Å². The maximum atomic E-state index is 11.2. The highest BCUT2D eigenvalue weighted by Crippen LogP contribution is 2.28. The lowest BCUT2D eigenvalue weighted by Crippen LogP contribution is -2.36. The molecule has 16 heavy (non-hydrogen) atoms. The summed E-state index contributed by atoms with van der Waals surface area (Å²) < 4.78 is 0. The Labute approximate surface area is 100 Å². The minimum atomic E-state index is -0.124. The molecule has 0 aromatic heterocycles. The smallest absolute Gasteiger partial charge is 0.127 e. The lowest BCUT2D eigenvalue weighted by molar-refractivity contribution is -0.116. The van der Waals surface area contributed by atoms with Crippen molar-refractivity contribution < 1.29 is 4.79 Å². The van der Waals surface area contributed by atoms with Crippen molar-refractivity contribution in [3.63, 3.8) is 0 Å². The van der Waals surface area contributed by atoms with Crippen LogP contribution in [-0.4, -0.2) is 30.8 Å². The normalized spacial score (nSPS) is 25.9. The fourth-order valence-corrected chi connectivity index (χ4v) is 2.81. The first-order chi connectivity index (χ1) is 7.50. The highest BCUT2D eigenvalue weighted by atomic mass is 16.1. The van der Waals surface area contributed by atoms with Crippen LogP contribution in [-0.2, 0) is 4.79 Å². The van der Waals surface area contributed by atoms with E-state index >= 15 is 0 Å². The summed E-state index contributed by atoms with van der Waals surface area (Å²) in [6, 6.07) is 0. The Kier molecular flexibility index (Phi) is 4.97. The fraction of sp³-hybridized carbons (Fsp3) is 0.929. The number of rotatable bonds is 6. The minimum absolute atomic E-state index is 0.124. The molecule has 1 aliphatic heterocycles. The van der Waals surface area contributed by atoms with Crippen LogP contribution >= 0.6 is 0 Å². The van der Waals surface area contributed by atoms with Gasteiger partial charge >= 0.3 is 0 Å². The average Bonchev–Trinajstić information content (AvgIpc) is 2.66. The largest absolute Gasteiger partial charge is 0.303 e. The zero-order valence-electron chi connectivity index (χ0n) is 11.3. The van der Waals surface area contributed by atoms with E-state index in [1.807, 2.05) is 0 Å². The third-order valence-corrected chi connectivity index (χ3v) is 3.94. The molecule has 1 saturated heterocycles. The highest BCUT2D eigenvalue weighted by Gasteiger charge is 2.31. The van der Waals surface area contributed by atoms with Gasteiger partial charge in [0.2, 0.25) is 0 Å². The first kappa shape index (κ1) is 13.7. The van der Waals surface area contributed by atoms with E-state index in [4.69, 9.17) is 0 Å². The summed E-state index contributed by atoms with van der Waals surface area (Å²) in [6.07, 6.45) is 4.58. The second-order valence-electron chi connectivity index (χ2n) is 6.05. The van der Waals surface area contributed by atoms with E-state index in [1.165, 1.54) is 25.8 Å². The Balaban J connectivity index is 2.46. The molecule has 1 rings (SSSR count). The fourth-order valence-electron chi connectivity index (χ4n) is 2.81. The number of hydrogen-bond acceptors (Lipinski definition) is 2. The van der Waals surface area contributed by atoms with Crippen LogP contribution in [0.25, 0.3) is 0 Å². The Hall–Kier alpha value is -0.370. The Morgan fingerprint density at radius 2 is 2.19 bits per heavy atom. The van der Waals surface area contributed by atoms with Gasteiger partial charge in [-0.05, 0) is 31.2 Å². The third-order valence-electron chi connectivity index (χ3n) is 3.94. The summed E-state index contributed by atoms with van der Waals surface area (Å²) in [7, 11) is 0. The van der Waals surface area contributed by atoms with Crippen LogP contribution in [0.5, 0.6) is 0 Å². The van der Waals surface area contributed by atoms with Crippen molar-refractivity contribution in [2.45, 2.75) is 47.0 Å². The Morgan fingerprint density at radius 3 is 2.62 bits per heavy atom. The van der Waals surface area contributed by atoms with Gasteiger partial charge < -0.3 is 9.69 Å². The van der Waals surface area contributed by atoms with E-state index in [9.17, 15) is 4.79 Å². The van der Waals surface area contributed by atoms with Gasteiger partial charge in [-0.25, -0.2) is 0 Å². The van der Waals surface area contributed by atoms with Gasteiger partial charge in [0, 0.05) is 18.5 Å². The van der Waals surface area contributed by atoms with Crippen molar-refractivity contribution in [3.8, 4) is 0 Å². The number of carbonyl (C=O) groups excluding carboxylic acids is 1. The average molecular weight is 225 g/mol. The lowest BCUT2D eigenvalue weighted by Gasteiger charge is -2.28. The molecule has 1 heterocycles. The lowest BCUT2D eigenvalue weighted by atomic mass is 9.87. The molecule has 0 amide bonds. The standard InChI is InChI=1S/C14H27NO/c1-5-7-14(4,11-16)10-15-8-6-13(9-15)12(2)3/h11-13H,5-10H2,1-4H3. The molecule has 0 radical (unpaired) electrons. The summed E-state index contributed by atoms with van der Waals surface area (Å²) in [5, 5.41) is 0. The second kappa shape index (κ2) is 5.81. The molecule has 0 aromatic carbocycles. The molecule has 0 aliphatic carbocycles. The van der Waals surface area contributed by atoms with Gasteiger partial charge in [0.1, 0.15) is 6.29 Å². The van der Waals surface area contributed by atoms with Crippen LogP contribution in [0.4, 0.5) is 0 Å². The van der Waals surface area contributed by atoms with Crippen molar-refractivity contribution in [1.29, 1.82) is 0 Å². The van der Waals surface area contributed by atoms with E-state index in [0.29, 0.717) is 0 Å². The molecular weight excluding hydrogens is 198 g/mol. The molecule has 0 aromatic rings. The van der Waals surface area contributed by atoms with E-state index < -0.39 is 0 Å². The minimum Gasteiger partial charge on any atom is -0.303 e. The molecule has 2 unspecified atom stereocenters. The topological polar surface area (TPSA) is 20.3 Å². The predicted molar refractivity (Wildman–Crippen MR) is 68.5 cm³/mol.